The highest BCUT2D eigenvalue weighted by Gasteiger charge is 2.14. The van der Waals surface area contributed by atoms with E-state index in [0.717, 1.165) is 0 Å². The van der Waals surface area contributed by atoms with Crippen molar-refractivity contribution in [2.75, 3.05) is 0 Å². The average Bonchev–Trinajstić information content (AvgIpc) is 2.18. The molecule has 2 unspecified atom stereocenters. The van der Waals surface area contributed by atoms with Crippen LogP contribution >= 0.6 is 11.6 Å². The molecule has 0 amide bonds. The number of rotatable bonds is 4. The highest BCUT2D eigenvalue weighted by atomic mass is 35.5. The van der Waals surface area contributed by atoms with Crippen molar-refractivity contribution in [1.82, 2.24) is 0 Å². The number of hydrogen-bond donors (Lipinski definition) is 1. The second-order valence-corrected chi connectivity index (χ2v) is 3.74. The summed E-state index contributed by atoms with van der Waals surface area (Å²) >= 11 is 5.82. The fourth-order valence-electron chi connectivity index (χ4n) is 1.03. The third-order valence-electron chi connectivity index (χ3n) is 2.12. The summed E-state index contributed by atoms with van der Waals surface area (Å²) in [5.41, 5.74) is 0.312. The fourth-order valence-corrected chi connectivity index (χ4v) is 1.24. The Balaban J connectivity index is 2.94. The molecule has 4 heteroatoms. The molecule has 0 aliphatic carbocycles. The van der Waals surface area contributed by atoms with E-state index in [1.165, 1.54) is 0 Å². The van der Waals surface area contributed by atoms with Crippen LogP contribution in [0.2, 0.25) is 5.02 Å². The van der Waals surface area contributed by atoms with Gasteiger partial charge in [-0.15, -0.1) is 0 Å². The molecule has 2 atom stereocenters. The van der Waals surface area contributed by atoms with Crippen LogP contribution in [0, 0.1) is 0 Å². The van der Waals surface area contributed by atoms with Gasteiger partial charge in [0.1, 0.15) is 11.9 Å². The molecule has 0 spiro atoms. The molecule has 0 aliphatic heterocycles. The van der Waals surface area contributed by atoms with Crippen molar-refractivity contribution in [3.05, 3.63) is 28.8 Å². The molecule has 82 valence electrons. The summed E-state index contributed by atoms with van der Waals surface area (Å²) in [7, 11) is 0. The van der Waals surface area contributed by atoms with Gasteiger partial charge in [0.25, 0.3) is 0 Å². The van der Waals surface area contributed by atoms with E-state index < -0.39 is 6.10 Å². The van der Waals surface area contributed by atoms with Crippen LogP contribution in [0.1, 0.15) is 24.2 Å². The standard InChI is InChI=1S/C11H13ClO3/c1-7(14)8(2)15-11-5-3-4-10(12)9(11)6-13/h3-8,14H,1-2H3. The van der Waals surface area contributed by atoms with Gasteiger partial charge >= 0.3 is 0 Å². The van der Waals surface area contributed by atoms with Gasteiger partial charge in [0, 0.05) is 0 Å². The van der Waals surface area contributed by atoms with Gasteiger partial charge in [-0.2, -0.15) is 0 Å². The zero-order valence-corrected chi connectivity index (χ0v) is 9.36. The van der Waals surface area contributed by atoms with Crippen molar-refractivity contribution in [3.8, 4) is 5.75 Å². The molecule has 0 heterocycles. The summed E-state index contributed by atoms with van der Waals surface area (Å²) in [6.45, 7) is 3.34. The van der Waals surface area contributed by atoms with Gasteiger partial charge in [-0.1, -0.05) is 17.7 Å². The minimum absolute atomic E-state index is 0.312. The molecule has 0 saturated heterocycles. The van der Waals surface area contributed by atoms with Crippen LogP contribution < -0.4 is 4.74 Å². The van der Waals surface area contributed by atoms with Crippen LogP contribution in [0.15, 0.2) is 18.2 Å². The summed E-state index contributed by atoms with van der Waals surface area (Å²) in [5, 5.41) is 9.62. The molecular weight excluding hydrogens is 216 g/mol. The van der Waals surface area contributed by atoms with Gasteiger partial charge in [-0.25, -0.2) is 0 Å². The van der Waals surface area contributed by atoms with Gasteiger partial charge in [-0.05, 0) is 26.0 Å². The summed E-state index contributed by atoms with van der Waals surface area (Å²) in [6.07, 6.45) is -0.350. The van der Waals surface area contributed by atoms with Crippen molar-refractivity contribution >= 4 is 17.9 Å². The number of aliphatic hydroxyl groups is 1. The maximum absolute atomic E-state index is 10.8. The number of benzene rings is 1. The Labute approximate surface area is 93.6 Å². The van der Waals surface area contributed by atoms with Gasteiger partial charge in [0.05, 0.1) is 16.7 Å². The van der Waals surface area contributed by atoms with E-state index >= 15 is 0 Å². The second-order valence-electron chi connectivity index (χ2n) is 3.33. The number of aldehydes is 1. The zero-order valence-electron chi connectivity index (χ0n) is 8.61. The lowest BCUT2D eigenvalue weighted by molar-refractivity contribution is 0.0597. The maximum atomic E-state index is 10.8. The van der Waals surface area contributed by atoms with E-state index in [4.69, 9.17) is 16.3 Å². The van der Waals surface area contributed by atoms with Gasteiger partial charge in [-0.3, -0.25) is 4.79 Å². The first-order valence-electron chi connectivity index (χ1n) is 4.64. The molecule has 1 N–H and O–H groups in total. The quantitative estimate of drug-likeness (QED) is 0.805. The first-order chi connectivity index (χ1) is 7.06. The minimum Gasteiger partial charge on any atom is -0.487 e. The molecule has 1 aromatic carbocycles. The van der Waals surface area contributed by atoms with E-state index in [-0.39, 0.29) is 6.10 Å². The predicted octanol–water partition coefficient (Wildman–Crippen LogP) is 2.30. The first-order valence-corrected chi connectivity index (χ1v) is 5.02. The molecule has 0 bridgehead atoms. The number of carbonyl (C=O) groups excluding carboxylic acids is 1. The van der Waals surface area contributed by atoms with Crippen molar-refractivity contribution in [3.63, 3.8) is 0 Å². The Morgan fingerprint density at radius 2 is 2.13 bits per heavy atom. The molecule has 0 radical (unpaired) electrons. The van der Waals surface area contributed by atoms with Crippen molar-refractivity contribution in [1.29, 1.82) is 0 Å². The molecule has 0 aliphatic rings. The number of hydrogen-bond acceptors (Lipinski definition) is 3. The topological polar surface area (TPSA) is 46.5 Å². The molecule has 1 aromatic rings. The Morgan fingerprint density at radius 3 is 2.67 bits per heavy atom. The summed E-state index contributed by atoms with van der Waals surface area (Å²) < 4.78 is 5.41. The van der Waals surface area contributed by atoms with E-state index in [1.54, 1.807) is 32.0 Å². The lowest BCUT2D eigenvalue weighted by atomic mass is 10.2. The Hall–Kier alpha value is -1.06. The monoisotopic (exact) mass is 228 g/mol. The van der Waals surface area contributed by atoms with E-state index in [2.05, 4.69) is 0 Å². The molecule has 1 rings (SSSR count). The lowest BCUT2D eigenvalue weighted by Gasteiger charge is -2.18. The Morgan fingerprint density at radius 1 is 1.47 bits per heavy atom. The van der Waals surface area contributed by atoms with E-state index in [9.17, 15) is 9.90 Å². The highest BCUT2D eigenvalue weighted by Crippen LogP contribution is 2.25. The molecule has 0 saturated carbocycles. The van der Waals surface area contributed by atoms with Gasteiger partial charge < -0.3 is 9.84 Å². The van der Waals surface area contributed by atoms with E-state index in [1.807, 2.05) is 0 Å². The van der Waals surface area contributed by atoms with Crippen molar-refractivity contribution < 1.29 is 14.6 Å². The molecule has 0 aromatic heterocycles. The highest BCUT2D eigenvalue weighted by molar-refractivity contribution is 6.33. The molecule has 15 heavy (non-hydrogen) atoms. The predicted molar refractivity (Wildman–Crippen MR) is 58.6 cm³/mol. The third kappa shape index (κ3) is 2.94. The smallest absolute Gasteiger partial charge is 0.155 e. The number of ether oxygens (including phenoxy) is 1. The zero-order chi connectivity index (χ0) is 11.4. The molecule has 3 nitrogen and oxygen atoms in total. The van der Waals surface area contributed by atoms with Crippen LogP contribution in [0.3, 0.4) is 0 Å². The molecular formula is C11H13ClO3. The Kier molecular flexibility index (Phi) is 4.12. The van der Waals surface area contributed by atoms with Crippen LogP contribution in [-0.4, -0.2) is 23.6 Å². The van der Waals surface area contributed by atoms with Gasteiger partial charge in [0.2, 0.25) is 0 Å². The number of aliphatic hydroxyl groups excluding tert-OH is 1. The lowest BCUT2D eigenvalue weighted by Crippen LogP contribution is -2.26. The summed E-state index contributed by atoms with van der Waals surface area (Å²) in [5.74, 6) is 0.394. The summed E-state index contributed by atoms with van der Waals surface area (Å²) in [4.78, 5) is 10.8. The number of carbonyl (C=O) groups is 1. The maximum Gasteiger partial charge on any atom is 0.155 e. The second kappa shape index (κ2) is 5.14. The van der Waals surface area contributed by atoms with Crippen molar-refractivity contribution in [2.45, 2.75) is 26.1 Å². The number of halogens is 1. The molecule has 0 fully saturated rings. The third-order valence-corrected chi connectivity index (χ3v) is 2.45. The first kappa shape index (κ1) is 12.0. The van der Waals surface area contributed by atoms with Crippen molar-refractivity contribution in [2.24, 2.45) is 0 Å². The minimum atomic E-state index is -0.608. The van der Waals surface area contributed by atoms with Crippen LogP contribution in [0.5, 0.6) is 5.75 Å². The van der Waals surface area contributed by atoms with E-state index in [0.29, 0.717) is 22.6 Å². The fraction of sp³-hybridized carbons (Fsp3) is 0.364. The van der Waals surface area contributed by atoms with Crippen LogP contribution in [-0.2, 0) is 0 Å². The van der Waals surface area contributed by atoms with Crippen LogP contribution in [0.4, 0.5) is 0 Å². The van der Waals surface area contributed by atoms with Gasteiger partial charge in [0.15, 0.2) is 6.29 Å². The Bertz CT molecular complexity index is 350. The average molecular weight is 229 g/mol. The summed E-state index contributed by atoms with van der Waals surface area (Å²) in [6, 6.07) is 4.96. The van der Waals surface area contributed by atoms with Crippen LogP contribution in [0.25, 0.3) is 0 Å². The normalized spacial score (nSPS) is 14.4. The SMILES string of the molecule is CC(O)C(C)Oc1cccc(Cl)c1C=O. The largest absolute Gasteiger partial charge is 0.487 e.